The molecule has 2 heterocycles. The first-order valence-electron chi connectivity index (χ1n) is 8.84. The summed E-state index contributed by atoms with van der Waals surface area (Å²) in [7, 11) is 0. The summed E-state index contributed by atoms with van der Waals surface area (Å²) < 4.78 is 13.1. The Labute approximate surface area is 147 Å². The molecule has 0 unspecified atom stereocenters. The minimum Gasteiger partial charge on any atom is -0.370 e. The highest BCUT2D eigenvalue weighted by Gasteiger charge is 2.15. The van der Waals surface area contributed by atoms with Crippen LogP contribution in [0, 0.1) is 5.82 Å². The number of nitrogens with zero attached hydrogens (tertiary/aromatic N) is 3. The molecule has 1 aliphatic rings. The van der Waals surface area contributed by atoms with Crippen LogP contribution in [0.3, 0.4) is 0 Å². The second-order valence-corrected chi connectivity index (χ2v) is 6.62. The molecule has 0 N–H and O–H groups in total. The Hall–Kier alpha value is -2.46. The lowest BCUT2D eigenvalue weighted by molar-refractivity contribution is 0.285. The average Bonchev–Trinajstić information content (AvgIpc) is 2.88. The topological polar surface area (TPSA) is 19.4 Å². The van der Waals surface area contributed by atoms with Crippen molar-refractivity contribution in [2.75, 3.05) is 31.1 Å². The lowest BCUT2D eigenvalue weighted by Gasteiger charge is -2.23. The van der Waals surface area contributed by atoms with Gasteiger partial charge in [0.05, 0.1) is 5.52 Å². The average molecular weight is 335 g/mol. The standard InChI is InChI=1S/C21H22FN3/c22-19-5-7-20(8-6-19)25-12-2-11-24(13-14-25)16-17-4-9-21-18(15-17)3-1-10-23-21/h1,3-10,15H,2,11-14,16H2. The molecule has 0 atom stereocenters. The van der Waals surface area contributed by atoms with Crippen LogP contribution in [0.2, 0.25) is 0 Å². The zero-order valence-corrected chi connectivity index (χ0v) is 14.2. The van der Waals surface area contributed by atoms with Crippen molar-refractivity contribution >= 4 is 16.6 Å². The number of fused-ring (bicyclic) bond motifs is 1. The number of aromatic nitrogens is 1. The molecular formula is C21H22FN3. The van der Waals surface area contributed by atoms with Gasteiger partial charge in [0.25, 0.3) is 0 Å². The first kappa shape index (κ1) is 16.0. The molecule has 0 saturated carbocycles. The summed E-state index contributed by atoms with van der Waals surface area (Å²) in [5, 5.41) is 1.20. The Kier molecular flexibility index (Phi) is 4.61. The first-order valence-corrected chi connectivity index (χ1v) is 8.84. The Morgan fingerprint density at radius 1 is 0.920 bits per heavy atom. The summed E-state index contributed by atoms with van der Waals surface area (Å²) in [6, 6.07) is 17.5. The quantitative estimate of drug-likeness (QED) is 0.719. The maximum Gasteiger partial charge on any atom is 0.123 e. The first-order chi connectivity index (χ1) is 12.3. The molecule has 3 aromatic rings. The van der Waals surface area contributed by atoms with Crippen molar-refractivity contribution < 1.29 is 4.39 Å². The molecule has 25 heavy (non-hydrogen) atoms. The number of hydrogen-bond donors (Lipinski definition) is 0. The van der Waals surface area contributed by atoms with E-state index >= 15 is 0 Å². The third kappa shape index (κ3) is 3.80. The highest BCUT2D eigenvalue weighted by molar-refractivity contribution is 5.78. The predicted octanol–water partition coefficient (Wildman–Crippen LogP) is 4.09. The van der Waals surface area contributed by atoms with Crippen LogP contribution >= 0.6 is 0 Å². The largest absolute Gasteiger partial charge is 0.370 e. The Morgan fingerprint density at radius 3 is 2.68 bits per heavy atom. The van der Waals surface area contributed by atoms with Crippen LogP contribution in [0.4, 0.5) is 10.1 Å². The summed E-state index contributed by atoms with van der Waals surface area (Å²) in [4.78, 5) is 9.24. The van der Waals surface area contributed by atoms with E-state index in [0.717, 1.165) is 50.3 Å². The third-order valence-corrected chi connectivity index (χ3v) is 4.85. The van der Waals surface area contributed by atoms with Gasteiger partial charge in [-0.15, -0.1) is 0 Å². The monoisotopic (exact) mass is 335 g/mol. The smallest absolute Gasteiger partial charge is 0.123 e. The van der Waals surface area contributed by atoms with Gasteiger partial charge in [0.15, 0.2) is 0 Å². The number of pyridine rings is 1. The normalized spacial score (nSPS) is 16.1. The van der Waals surface area contributed by atoms with Crippen molar-refractivity contribution in [3.05, 3.63) is 72.2 Å². The van der Waals surface area contributed by atoms with E-state index < -0.39 is 0 Å². The molecule has 1 saturated heterocycles. The minimum absolute atomic E-state index is 0.175. The number of rotatable bonds is 3. The maximum atomic E-state index is 13.1. The fourth-order valence-corrected chi connectivity index (χ4v) is 3.52. The van der Waals surface area contributed by atoms with Crippen molar-refractivity contribution in [2.24, 2.45) is 0 Å². The third-order valence-electron chi connectivity index (χ3n) is 4.85. The molecule has 1 fully saturated rings. The van der Waals surface area contributed by atoms with E-state index in [0.29, 0.717) is 0 Å². The van der Waals surface area contributed by atoms with Crippen molar-refractivity contribution in [2.45, 2.75) is 13.0 Å². The molecule has 0 bridgehead atoms. The van der Waals surface area contributed by atoms with E-state index in [-0.39, 0.29) is 5.82 Å². The van der Waals surface area contributed by atoms with Gasteiger partial charge < -0.3 is 4.90 Å². The van der Waals surface area contributed by atoms with Crippen LogP contribution in [-0.2, 0) is 6.54 Å². The molecule has 0 spiro atoms. The molecule has 0 amide bonds. The predicted molar refractivity (Wildman–Crippen MR) is 100 cm³/mol. The van der Waals surface area contributed by atoms with E-state index in [1.165, 1.54) is 10.9 Å². The van der Waals surface area contributed by atoms with Gasteiger partial charge >= 0.3 is 0 Å². The number of halogens is 1. The zero-order chi connectivity index (χ0) is 17.1. The molecule has 128 valence electrons. The van der Waals surface area contributed by atoms with Crippen molar-refractivity contribution in [3.8, 4) is 0 Å². The van der Waals surface area contributed by atoms with Crippen LogP contribution in [0.25, 0.3) is 10.9 Å². The maximum absolute atomic E-state index is 13.1. The summed E-state index contributed by atoms with van der Waals surface area (Å²) in [5.74, 6) is -0.175. The van der Waals surface area contributed by atoms with E-state index in [9.17, 15) is 4.39 Å². The molecule has 1 aliphatic heterocycles. The Morgan fingerprint density at radius 2 is 1.80 bits per heavy atom. The van der Waals surface area contributed by atoms with E-state index in [1.54, 1.807) is 12.1 Å². The lowest BCUT2D eigenvalue weighted by Crippen LogP contribution is -2.30. The summed E-state index contributed by atoms with van der Waals surface area (Å²) >= 11 is 0. The van der Waals surface area contributed by atoms with Crippen LogP contribution in [0.15, 0.2) is 60.8 Å². The molecule has 4 heteroatoms. The Balaban J connectivity index is 1.42. The number of hydrogen-bond acceptors (Lipinski definition) is 3. The van der Waals surface area contributed by atoms with Gasteiger partial charge in [0.1, 0.15) is 5.82 Å². The minimum atomic E-state index is -0.175. The molecule has 3 nitrogen and oxygen atoms in total. The number of anilines is 1. The highest BCUT2D eigenvalue weighted by atomic mass is 19.1. The SMILES string of the molecule is Fc1ccc(N2CCCN(Cc3ccc4ncccc4c3)CC2)cc1. The summed E-state index contributed by atoms with van der Waals surface area (Å²) in [5.41, 5.74) is 3.49. The number of benzene rings is 2. The van der Waals surface area contributed by atoms with Gasteiger partial charge in [0, 0.05) is 50.0 Å². The molecule has 1 aromatic heterocycles. The molecule has 0 aliphatic carbocycles. The fourth-order valence-electron chi connectivity index (χ4n) is 3.52. The van der Waals surface area contributed by atoms with Crippen molar-refractivity contribution in [3.63, 3.8) is 0 Å². The fraction of sp³-hybridized carbons (Fsp3) is 0.286. The van der Waals surface area contributed by atoms with Crippen molar-refractivity contribution in [1.82, 2.24) is 9.88 Å². The molecule has 0 radical (unpaired) electrons. The van der Waals surface area contributed by atoms with E-state index in [1.807, 2.05) is 24.4 Å². The molecular weight excluding hydrogens is 313 g/mol. The molecule has 4 rings (SSSR count). The van der Waals surface area contributed by atoms with Crippen LogP contribution in [0.1, 0.15) is 12.0 Å². The van der Waals surface area contributed by atoms with Crippen molar-refractivity contribution in [1.29, 1.82) is 0 Å². The Bertz CT molecular complexity index is 847. The van der Waals surface area contributed by atoms with Gasteiger partial charge in [-0.25, -0.2) is 4.39 Å². The van der Waals surface area contributed by atoms with Gasteiger partial charge in [-0.05, 0) is 54.4 Å². The van der Waals surface area contributed by atoms with Crippen LogP contribution < -0.4 is 4.90 Å². The summed E-state index contributed by atoms with van der Waals surface area (Å²) in [6.07, 6.45) is 2.95. The second kappa shape index (κ2) is 7.19. The van der Waals surface area contributed by atoms with Gasteiger partial charge in [-0.1, -0.05) is 12.1 Å². The zero-order valence-electron chi connectivity index (χ0n) is 14.2. The van der Waals surface area contributed by atoms with Gasteiger partial charge in [-0.3, -0.25) is 9.88 Å². The lowest BCUT2D eigenvalue weighted by atomic mass is 10.1. The van der Waals surface area contributed by atoms with Gasteiger partial charge in [-0.2, -0.15) is 0 Å². The van der Waals surface area contributed by atoms with Crippen LogP contribution in [-0.4, -0.2) is 36.1 Å². The van der Waals surface area contributed by atoms with E-state index in [2.05, 4.69) is 39.0 Å². The summed E-state index contributed by atoms with van der Waals surface area (Å²) in [6.45, 7) is 5.05. The molecule has 2 aromatic carbocycles. The van der Waals surface area contributed by atoms with Crippen LogP contribution in [0.5, 0.6) is 0 Å². The highest BCUT2D eigenvalue weighted by Crippen LogP contribution is 2.19. The van der Waals surface area contributed by atoms with Gasteiger partial charge in [0.2, 0.25) is 0 Å². The second-order valence-electron chi connectivity index (χ2n) is 6.62. The van der Waals surface area contributed by atoms with E-state index in [4.69, 9.17) is 0 Å².